The van der Waals surface area contributed by atoms with Crippen LogP contribution in [0.5, 0.6) is 0 Å². The molecule has 0 fully saturated rings. The molecule has 0 heterocycles. The number of rotatable bonds is 7. The first kappa shape index (κ1) is 13.2. The summed E-state index contributed by atoms with van der Waals surface area (Å²) in [6.45, 7) is 9.40. The molecule has 0 rings (SSSR count). The van der Waals surface area contributed by atoms with Gasteiger partial charge in [-0.25, -0.2) is 0 Å². The number of carbonyl (C=O) groups excluding carboxylic acids is 1. The fourth-order valence-electron chi connectivity index (χ4n) is 1.33. The van der Waals surface area contributed by atoms with E-state index in [1.807, 2.05) is 13.8 Å². The molecule has 0 saturated carbocycles. The maximum absolute atomic E-state index is 11.4. The Morgan fingerprint density at radius 1 is 1.36 bits per heavy atom. The van der Waals surface area contributed by atoms with E-state index in [9.17, 15) is 4.79 Å². The second-order valence-corrected chi connectivity index (χ2v) is 4.27. The van der Waals surface area contributed by atoms with Crippen molar-refractivity contribution in [2.75, 3.05) is 0 Å². The van der Waals surface area contributed by atoms with Crippen LogP contribution in [-0.4, -0.2) is 5.97 Å². The summed E-state index contributed by atoms with van der Waals surface area (Å²) in [4.78, 5) is 11.4. The summed E-state index contributed by atoms with van der Waals surface area (Å²) in [6.07, 6.45) is 6.84. The van der Waals surface area contributed by atoms with Gasteiger partial charge in [0.2, 0.25) is 0 Å². The molecule has 0 aromatic heterocycles. The topological polar surface area (TPSA) is 26.3 Å². The van der Waals surface area contributed by atoms with Crippen molar-refractivity contribution in [2.24, 2.45) is 5.41 Å². The molecule has 0 aromatic rings. The fraction of sp³-hybridized carbons (Fsp3) is 0.750. The van der Waals surface area contributed by atoms with Crippen molar-refractivity contribution in [3.63, 3.8) is 0 Å². The Kier molecular flexibility index (Phi) is 6.26. The monoisotopic (exact) mass is 198 g/mol. The molecule has 0 radical (unpaired) electrons. The number of unbranched alkanes of at least 4 members (excludes halogenated alkanes) is 3. The maximum Gasteiger partial charge on any atom is 0.316 e. The van der Waals surface area contributed by atoms with E-state index in [2.05, 4.69) is 13.5 Å². The molecule has 0 N–H and O–H groups in total. The average Bonchev–Trinajstić information content (AvgIpc) is 2.13. The van der Waals surface area contributed by atoms with Crippen LogP contribution in [0.25, 0.3) is 0 Å². The molecule has 0 bridgehead atoms. The van der Waals surface area contributed by atoms with Crippen molar-refractivity contribution in [2.45, 2.75) is 52.9 Å². The van der Waals surface area contributed by atoms with Gasteiger partial charge in [0.25, 0.3) is 0 Å². The van der Waals surface area contributed by atoms with Crippen LogP contribution in [0, 0.1) is 5.41 Å². The predicted octanol–water partition coefficient (Wildman–Crippen LogP) is 3.67. The minimum atomic E-state index is -0.373. The summed E-state index contributed by atoms with van der Waals surface area (Å²) in [5.74, 6) is -0.177. The van der Waals surface area contributed by atoms with Gasteiger partial charge in [-0.15, -0.1) is 0 Å². The molecule has 2 nitrogen and oxygen atoms in total. The lowest BCUT2D eigenvalue weighted by Gasteiger charge is -2.20. The summed E-state index contributed by atoms with van der Waals surface area (Å²) in [5.41, 5.74) is -0.373. The van der Waals surface area contributed by atoms with Crippen molar-refractivity contribution in [1.29, 1.82) is 0 Å². The highest BCUT2D eigenvalue weighted by atomic mass is 16.5. The van der Waals surface area contributed by atoms with Crippen LogP contribution in [-0.2, 0) is 9.53 Å². The van der Waals surface area contributed by atoms with E-state index in [0.717, 1.165) is 12.8 Å². The zero-order chi connectivity index (χ0) is 11.0. The Morgan fingerprint density at radius 2 is 2.00 bits per heavy atom. The molecule has 0 aromatic carbocycles. The summed E-state index contributed by atoms with van der Waals surface area (Å²) >= 11 is 0. The highest BCUT2D eigenvalue weighted by Gasteiger charge is 2.27. The van der Waals surface area contributed by atoms with Gasteiger partial charge in [0.05, 0.1) is 11.7 Å². The summed E-state index contributed by atoms with van der Waals surface area (Å²) in [7, 11) is 0. The van der Waals surface area contributed by atoms with Crippen molar-refractivity contribution < 1.29 is 9.53 Å². The Labute approximate surface area is 87.3 Å². The van der Waals surface area contributed by atoms with Crippen molar-refractivity contribution in [3.05, 3.63) is 12.8 Å². The molecule has 0 saturated heterocycles. The summed E-state index contributed by atoms with van der Waals surface area (Å²) < 4.78 is 4.79. The molecular weight excluding hydrogens is 176 g/mol. The normalized spacial score (nSPS) is 11.1. The van der Waals surface area contributed by atoms with Crippen LogP contribution >= 0.6 is 0 Å². The molecule has 82 valence electrons. The van der Waals surface area contributed by atoms with Crippen molar-refractivity contribution in [3.8, 4) is 0 Å². The van der Waals surface area contributed by atoms with Gasteiger partial charge in [-0.1, -0.05) is 39.2 Å². The largest absolute Gasteiger partial charge is 0.435 e. The van der Waals surface area contributed by atoms with E-state index in [1.54, 1.807) is 0 Å². The first-order chi connectivity index (χ1) is 6.54. The van der Waals surface area contributed by atoms with Crippen molar-refractivity contribution >= 4 is 5.97 Å². The van der Waals surface area contributed by atoms with Crippen LogP contribution in [0.3, 0.4) is 0 Å². The molecule has 0 aliphatic heterocycles. The van der Waals surface area contributed by atoms with Crippen LogP contribution in [0.1, 0.15) is 52.9 Å². The third-order valence-corrected chi connectivity index (χ3v) is 2.40. The van der Waals surface area contributed by atoms with Crippen LogP contribution in [0.4, 0.5) is 0 Å². The van der Waals surface area contributed by atoms with Crippen LogP contribution in [0.2, 0.25) is 0 Å². The molecule has 0 unspecified atom stereocenters. The highest BCUT2D eigenvalue weighted by Crippen LogP contribution is 2.25. The van der Waals surface area contributed by atoms with E-state index in [4.69, 9.17) is 4.74 Å². The second-order valence-electron chi connectivity index (χ2n) is 4.27. The summed E-state index contributed by atoms with van der Waals surface area (Å²) in [5, 5.41) is 0. The molecule has 0 amide bonds. The Morgan fingerprint density at radius 3 is 2.50 bits per heavy atom. The van der Waals surface area contributed by atoms with Gasteiger partial charge in [-0.3, -0.25) is 4.79 Å². The number of hydrogen-bond donors (Lipinski definition) is 0. The smallest absolute Gasteiger partial charge is 0.316 e. The van der Waals surface area contributed by atoms with Gasteiger partial charge in [0.1, 0.15) is 0 Å². The Bertz CT molecular complexity index is 183. The lowest BCUT2D eigenvalue weighted by Crippen LogP contribution is -2.25. The lowest BCUT2D eigenvalue weighted by atomic mass is 9.87. The predicted molar refractivity (Wildman–Crippen MR) is 58.8 cm³/mol. The number of carbonyl (C=O) groups is 1. The molecule has 2 heteroatoms. The van der Waals surface area contributed by atoms with Gasteiger partial charge in [0, 0.05) is 0 Å². The summed E-state index contributed by atoms with van der Waals surface area (Å²) in [6, 6.07) is 0. The van der Waals surface area contributed by atoms with E-state index in [-0.39, 0.29) is 11.4 Å². The zero-order valence-electron chi connectivity index (χ0n) is 9.64. The fourth-order valence-corrected chi connectivity index (χ4v) is 1.33. The van der Waals surface area contributed by atoms with E-state index >= 15 is 0 Å². The van der Waals surface area contributed by atoms with Gasteiger partial charge in [-0.05, 0) is 20.3 Å². The molecule has 0 aliphatic rings. The van der Waals surface area contributed by atoms with E-state index in [1.165, 1.54) is 25.5 Å². The lowest BCUT2D eigenvalue weighted by molar-refractivity contribution is -0.148. The third-order valence-electron chi connectivity index (χ3n) is 2.40. The maximum atomic E-state index is 11.4. The van der Waals surface area contributed by atoms with Crippen LogP contribution < -0.4 is 0 Å². The number of hydrogen-bond acceptors (Lipinski definition) is 2. The quantitative estimate of drug-likeness (QED) is 0.354. The van der Waals surface area contributed by atoms with Gasteiger partial charge in [-0.2, -0.15) is 0 Å². The molecular formula is C12H22O2. The Balaban J connectivity index is 3.81. The van der Waals surface area contributed by atoms with Gasteiger partial charge in [0.15, 0.2) is 0 Å². The Hall–Kier alpha value is -0.790. The molecule has 0 spiro atoms. The van der Waals surface area contributed by atoms with Gasteiger partial charge < -0.3 is 4.74 Å². The standard InChI is InChI=1S/C12H22O2/c1-5-7-8-9-10-12(3,4)11(13)14-6-2/h6H,2,5,7-10H2,1,3-4H3. The second kappa shape index (κ2) is 6.63. The molecule has 14 heavy (non-hydrogen) atoms. The van der Waals surface area contributed by atoms with E-state index < -0.39 is 0 Å². The molecule has 0 aliphatic carbocycles. The minimum absolute atomic E-state index is 0.177. The van der Waals surface area contributed by atoms with E-state index in [0.29, 0.717) is 0 Å². The molecule has 0 atom stereocenters. The van der Waals surface area contributed by atoms with Gasteiger partial charge >= 0.3 is 5.97 Å². The third kappa shape index (κ3) is 5.05. The van der Waals surface area contributed by atoms with Crippen LogP contribution in [0.15, 0.2) is 12.8 Å². The SMILES string of the molecule is C=COC(=O)C(C)(C)CCCCCC. The zero-order valence-corrected chi connectivity index (χ0v) is 9.64. The number of ether oxygens (including phenoxy) is 1. The highest BCUT2D eigenvalue weighted by molar-refractivity contribution is 5.76. The first-order valence-electron chi connectivity index (χ1n) is 5.36. The first-order valence-corrected chi connectivity index (χ1v) is 5.36. The minimum Gasteiger partial charge on any atom is -0.435 e. The van der Waals surface area contributed by atoms with Crippen molar-refractivity contribution in [1.82, 2.24) is 0 Å². The average molecular weight is 198 g/mol. The number of esters is 1.